The van der Waals surface area contributed by atoms with Crippen LogP contribution in [0.3, 0.4) is 0 Å². The second-order valence-electron chi connectivity index (χ2n) is 7.80. The molecule has 186 valence electrons. The molecular weight excluding hydrogens is 465 g/mol. The quantitative estimate of drug-likeness (QED) is 0.200. The van der Waals surface area contributed by atoms with Crippen molar-refractivity contribution in [3.8, 4) is 16.9 Å². The van der Waals surface area contributed by atoms with E-state index >= 15 is 0 Å². The Hall–Kier alpha value is -4.50. The SMILES string of the molecule is Cc1cc2c(OCCNCc3cncc(-c4cccc(F)c4)c3)cccc2[nH]1.O=C(O)/C=C/C(=O)O. The topological polar surface area (TPSA) is 125 Å². The summed E-state index contributed by atoms with van der Waals surface area (Å²) in [4.78, 5) is 26.7. The summed E-state index contributed by atoms with van der Waals surface area (Å²) in [6, 6.07) is 16.7. The van der Waals surface area contributed by atoms with Crippen molar-refractivity contribution in [2.24, 2.45) is 0 Å². The number of aryl methyl sites for hydroxylation is 1. The second-order valence-corrected chi connectivity index (χ2v) is 7.80. The summed E-state index contributed by atoms with van der Waals surface area (Å²) in [6.07, 6.45) is 4.69. The molecule has 2 aromatic heterocycles. The average molecular weight is 492 g/mol. The average Bonchev–Trinajstić information content (AvgIpc) is 3.24. The molecule has 0 spiro atoms. The normalized spacial score (nSPS) is 10.7. The van der Waals surface area contributed by atoms with Gasteiger partial charge in [-0.2, -0.15) is 0 Å². The molecule has 0 radical (unpaired) electrons. The number of rotatable bonds is 9. The fraction of sp³-hybridized carbons (Fsp3) is 0.148. The van der Waals surface area contributed by atoms with E-state index in [9.17, 15) is 14.0 Å². The van der Waals surface area contributed by atoms with Gasteiger partial charge in [-0.05, 0) is 54.4 Å². The molecule has 36 heavy (non-hydrogen) atoms. The number of aromatic amines is 1. The first-order chi connectivity index (χ1) is 17.3. The summed E-state index contributed by atoms with van der Waals surface area (Å²) in [5.41, 5.74) is 4.99. The molecule has 0 amide bonds. The van der Waals surface area contributed by atoms with Crippen LogP contribution in [-0.4, -0.2) is 45.3 Å². The molecule has 0 unspecified atom stereocenters. The Bertz CT molecular complexity index is 1350. The Kier molecular flexibility index (Phi) is 9.30. The first-order valence-corrected chi connectivity index (χ1v) is 11.1. The van der Waals surface area contributed by atoms with E-state index in [4.69, 9.17) is 14.9 Å². The van der Waals surface area contributed by atoms with Gasteiger partial charge < -0.3 is 25.3 Å². The van der Waals surface area contributed by atoms with Crippen molar-refractivity contribution in [3.63, 3.8) is 0 Å². The van der Waals surface area contributed by atoms with E-state index in [2.05, 4.69) is 21.4 Å². The van der Waals surface area contributed by atoms with Gasteiger partial charge in [0, 0.05) is 59.8 Å². The molecule has 0 fully saturated rings. The third kappa shape index (κ3) is 8.07. The number of carboxylic acids is 2. The molecule has 0 bridgehead atoms. The predicted octanol–water partition coefficient (Wildman–Crippen LogP) is 4.56. The molecule has 0 aliphatic carbocycles. The van der Waals surface area contributed by atoms with Crippen molar-refractivity contribution in [3.05, 3.63) is 96.2 Å². The van der Waals surface area contributed by atoms with Gasteiger partial charge in [-0.1, -0.05) is 18.2 Å². The van der Waals surface area contributed by atoms with Crippen LogP contribution in [0.2, 0.25) is 0 Å². The molecular formula is C27H26FN3O5. The van der Waals surface area contributed by atoms with Crippen LogP contribution in [0.4, 0.5) is 4.39 Å². The highest BCUT2D eigenvalue weighted by Crippen LogP contribution is 2.26. The van der Waals surface area contributed by atoms with E-state index < -0.39 is 11.9 Å². The smallest absolute Gasteiger partial charge is 0.328 e. The first kappa shape index (κ1) is 26.1. The van der Waals surface area contributed by atoms with Crippen molar-refractivity contribution in [1.29, 1.82) is 0 Å². The molecule has 0 saturated carbocycles. The highest BCUT2D eigenvalue weighted by atomic mass is 19.1. The molecule has 8 nitrogen and oxygen atoms in total. The molecule has 0 aliphatic rings. The summed E-state index contributed by atoms with van der Waals surface area (Å²) >= 11 is 0. The number of benzene rings is 2. The monoisotopic (exact) mass is 491 g/mol. The van der Waals surface area contributed by atoms with E-state index in [0.717, 1.165) is 39.0 Å². The Labute approximate surface area is 207 Å². The van der Waals surface area contributed by atoms with Crippen molar-refractivity contribution in [1.82, 2.24) is 15.3 Å². The minimum absolute atomic E-state index is 0.245. The lowest BCUT2D eigenvalue weighted by Gasteiger charge is -2.09. The molecule has 4 rings (SSSR count). The van der Waals surface area contributed by atoms with Crippen LogP contribution in [0.1, 0.15) is 11.3 Å². The van der Waals surface area contributed by atoms with Gasteiger partial charge in [0.05, 0.1) is 0 Å². The molecule has 4 N–H and O–H groups in total. The number of carbonyl (C=O) groups is 2. The van der Waals surface area contributed by atoms with E-state index in [0.29, 0.717) is 31.8 Å². The maximum atomic E-state index is 13.4. The fourth-order valence-corrected chi connectivity index (χ4v) is 3.41. The molecule has 2 aromatic carbocycles. The Morgan fingerprint density at radius 1 is 1.03 bits per heavy atom. The molecule has 0 aliphatic heterocycles. The van der Waals surface area contributed by atoms with Gasteiger partial charge in [0.2, 0.25) is 0 Å². The largest absolute Gasteiger partial charge is 0.492 e. The number of nitrogens with zero attached hydrogens (tertiary/aromatic N) is 1. The summed E-state index contributed by atoms with van der Waals surface area (Å²) in [6.45, 7) is 3.99. The summed E-state index contributed by atoms with van der Waals surface area (Å²) in [7, 11) is 0. The number of hydrogen-bond donors (Lipinski definition) is 4. The number of ether oxygens (including phenoxy) is 1. The second kappa shape index (κ2) is 12.8. The summed E-state index contributed by atoms with van der Waals surface area (Å²) in [5, 5.41) is 20.1. The van der Waals surface area contributed by atoms with Crippen molar-refractivity contribution >= 4 is 22.8 Å². The number of halogens is 1. The molecule has 4 aromatic rings. The van der Waals surface area contributed by atoms with Crippen molar-refractivity contribution in [2.75, 3.05) is 13.2 Å². The van der Waals surface area contributed by atoms with E-state index in [-0.39, 0.29) is 5.82 Å². The maximum absolute atomic E-state index is 13.4. The number of aromatic nitrogens is 2. The molecule has 2 heterocycles. The van der Waals surface area contributed by atoms with Gasteiger partial charge >= 0.3 is 11.9 Å². The fourth-order valence-electron chi connectivity index (χ4n) is 3.41. The third-order valence-electron chi connectivity index (χ3n) is 4.95. The molecule has 9 heteroatoms. The van der Waals surface area contributed by atoms with Crippen LogP contribution < -0.4 is 10.1 Å². The van der Waals surface area contributed by atoms with Crippen molar-refractivity contribution in [2.45, 2.75) is 13.5 Å². The number of pyridine rings is 1. The highest BCUT2D eigenvalue weighted by molar-refractivity contribution is 5.89. The summed E-state index contributed by atoms with van der Waals surface area (Å²) in [5.74, 6) is -1.87. The van der Waals surface area contributed by atoms with Gasteiger partial charge in [-0.3, -0.25) is 4.98 Å². The van der Waals surface area contributed by atoms with Crippen LogP contribution in [-0.2, 0) is 16.1 Å². The van der Waals surface area contributed by atoms with Crippen LogP contribution in [0, 0.1) is 12.7 Å². The Balaban J connectivity index is 0.000000392. The highest BCUT2D eigenvalue weighted by Gasteiger charge is 2.05. The number of nitrogens with one attached hydrogen (secondary N) is 2. The van der Waals surface area contributed by atoms with E-state index in [1.54, 1.807) is 12.3 Å². The minimum atomic E-state index is -1.26. The standard InChI is InChI=1S/C23H22FN3O.C4H4O4/c1-16-10-21-22(27-16)6-3-7-23(21)28-9-8-25-13-17-11-19(15-26-14-17)18-4-2-5-20(24)12-18;5-3(6)1-2-4(7)8/h2-7,10-12,14-15,25,27H,8-9,13H2,1H3;1-2H,(H,5,6)(H,7,8)/b;2-1+. The molecule has 0 saturated heterocycles. The van der Waals surface area contributed by atoms with Gasteiger partial charge in [-0.25, -0.2) is 14.0 Å². The zero-order valence-corrected chi connectivity index (χ0v) is 19.6. The van der Waals surface area contributed by atoms with E-state index in [1.807, 2.05) is 43.5 Å². The number of H-pyrrole nitrogens is 1. The number of aliphatic carboxylic acids is 2. The van der Waals surface area contributed by atoms with Crippen LogP contribution >= 0.6 is 0 Å². The van der Waals surface area contributed by atoms with E-state index in [1.165, 1.54) is 12.1 Å². The lowest BCUT2D eigenvalue weighted by atomic mass is 10.1. The number of hydrogen-bond acceptors (Lipinski definition) is 5. The lowest BCUT2D eigenvalue weighted by Crippen LogP contribution is -2.20. The van der Waals surface area contributed by atoms with Gasteiger partial charge in [0.15, 0.2) is 0 Å². The first-order valence-electron chi connectivity index (χ1n) is 11.1. The lowest BCUT2D eigenvalue weighted by molar-refractivity contribution is -0.134. The molecule has 0 atom stereocenters. The predicted molar refractivity (Wildman–Crippen MR) is 134 cm³/mol. The third-order valence-corrected chi connectivity index (χ3v) is 4.95. The Morgan fingerprint density at radius 2 is 1.78 bits per heavy atom. The number of carboxylic acid groups (broad SMARTS) is 2. The van der Waals surface area contributed by atoms with Crippen molar-refractivity contribution < 1.29 is 28.9 Å². The van der Waals surface area contributed by atoms with Gasteiger partial charge in [-0.15, -0.1) is 0 Å². The number of fused-ring (bicyclic) bond motifs is 1. The maximum Gasteiger partial charge on any atom is 0.328 e. The van der Waals surface area contributed by atoms with Crippen LogP contribution in [0.15, 0.2) is 79.1 Å². The zero-order chi connectivity index (χ0) is 25.9. The Morgan fingerprint density at radius 3 is 2.50 bits per heavy atom. The van der Waals surface area contributed by atoms with Crippen LogP contribution in [0.25, 0.3) is 22.0 Å². The van der Waals surface area contributed by atoms with Gasteiger partial charge in [0.1, 0.15) is 18.2 Å². The van der Waals surface area contributed by atoms with Crippen LogP contribution in [0.5, 0.6) is 5.75 Å². The zero-order valence-electron chi connectivity index (χ0n) is 19.6. The minimum Gasteiger partial charge on any atom is -0.492 e. The van der Waals surface area contributed by atoms with Gasteiger partial charge in [0.25, 0.3) is 0 Å². The summed E-state index contributed by atoms with van der Waals surface area (Å²) < 4.78 is 19.4.